The summed E-state index contributed by atoms with van der Waals surface area (Å²) in [6.45, 7) is 5.29. The van der Waals surface area contributed by atoms with E-state index in [1.54, 1.807) is 11.3 Å². The largest absolute Gasteiger partial charge is 0.486 e. The molecule has 3 rings (SSSR count). The van der Waals surface area contributed by atoms with Gasteiger partial charge in [-0.3, -0.25) is 0 Å². The summed E-state index contributed by atoms with van der Waals surface area (Å²) < 4.78 is 11.1. The number of nitrogens with zero attached hydrogens (tertiary/aromatic N) is 1. The van der Waals surface area contributed by atoms with Crippen molar-refractivity contribution in [2.75, 3.05) is 13.2 Å². The molecule has 5 heteroatoms. The van der Waals surface area contributed by atoms with Gasteiger partial charge in [-0.15, -0.1) is 11.3 Å². The molecule has 1 aliphatic rings. The zero-order valence-corrected chi connectivity index (χ0v) is 12.5. The number of benzene rings is 1. The third kappa shape index (κ3) is 2.39. The second-order valence-corrected chi connectivity index (χ2v) is 6.03. The van der Waals surface area contributed by atoms with Crippen molar-refractivity contribution in [2.45, 2.75) is 25.8 Å². The lowest BCUT2D eigenvalue weighted by Gasteiger charge is -2.19. The normalized spacial score (nSPS) is 16.8. The van der Waals surface area contributed by atoms with Crippen LogP contribution in [0.5, 0.6) is 11.5 Å². The van der Waals surface area contributed by atoms with Gasteiger partial charge in [-0.2, -0.15) is 0 Å². The fourth-order valence-corrected chi connectivity index (χ4v) is 3.00. The van der Waals surface area contributed by atoms with Crippen molar-refractivity contribution in [3.63, 3.8) is 0 Å². The quantitative estimate of drug-likeness (QED) is 0.943. The highest BCUT2D eigenvalue weighted by atomic mass is 32.1. The van der Waals surface area contributed by atoms with Crippen molar-refractivity contribution >= 4 is 11.3 Å². The lowest BCUT2D eigenvalue weighted by Crippen LogP contribution is -2.31. The van der Waals surface area contributed by atoms with Crippen LogP contribution in [0.4, 0.5) is 0 Å². The Hall–Kier alpha value is -1.59. The molecule has 1 atom stereocenters. The average molecular weight is 290 g/mol. The third-order valence-corrected chi connectivity index (χ3v) is 4.69. The van der Waals surface area contributed by atoms with Gasteiger partial charge >= 0.3 is 0 Å². The van der Waals surface area contributed by atoms with Gasteiger partial charge in [0.1, 0.15) is 18.2 Å². The molecule has 0 aliphatic carbocycles. The van der Waals surface area contributed by atoms with E-state index in [0.29, 0.717) is 13.2 Å². The molecule has 1 aromatic carbocycles. The van der Waals surface area contributed by atoms with Crippen molar-refractivity contribution < 1.29 is 9.47 Å². The fraction of sp³-hybridized carbons (Fsp3) is 0.400. The van der Waals surface area contributed by atoms with E-state index in [-0.39, 0.29) is 5.54 Å². The minimum absolute atomic E-state index is 0.364. The van der Waals surface area contributed by atoms with E-state index < -0.39 is 0 Å². The standard InChI is InChI=1S/C15H18N2O2S/c1-3-15(2,16)14-17-11(9-20-14)10-4-5-12-13(8-10)19-7-6-18-12/h4-5,8-9H,3,6-7,16H2,1-2H3. The predicted molar refractivity (Wildman–Crippen MR) is 80.4 cm³/mol. The first-order chi connectivity index (χ1) is 9.60. The number of thiazole rings is 1. The van der Waals surface area contributed by atoms with Crippen molar-refractivity contribution in [3.05, 3.63) is 28.6 Å². The summed E-state index contributed by atoms with van der Waals surface area (Å²) >= 11 is 1.61. The van der Waals surface area contributed by atoms with Gasteiger partial charge in [0.25, 0.3) is 0 Å². The minimum atomic E-state index is -0.364. The first kappa shape index (κ1) is 13.4. The number of rotatable bonds is 3. The molecule has 0 fully saturated rings. The Morgan fingerprint density at radius 3 is 2.80 bits per heavy atom. The Kier molecular flexibility index (Phi) is 3.40. The lowest BCUT2D eigenvalue weighted by molar-refractivity contribution is 0.171. The van der Waals surface area contributed by atoms with E-state index in [2.05, 4.69) is 11.9 Å². The first-order valence-electron chi connectivity index (χ1n) is 6.75. The second-order valence-electron chi connectivity index (χ2n) is 5.17. The third-order valence-electron chi connectivity index (χ3n) is 3.57. The predicted octanol–water partition coefficient (Wildman–Crippen LogP) is 3.17. The summed E-state index contributed by atoms with van der Waals surface area (Å²) in [5, 5.41) is 3.01. The minimum Gasteiger partial charge on any atom is -0.486 e. The van der Waals surface area contributed by atoms with Crippen LogP contribution in [0.15, 0.2) is 23.6 Å². The number of hydrogen-bond acceptors (Lipinski definition) is 5. The summed E-state index contributed by atoms with van der Waals surface area (Å²) in [6, 6.07) is 5.92. The molecular weight excluding hydrogens is 272 g/mol. The highest BCUT2D eigenvalue weighted by Gasteiger charge is 2.23. The molecule has 1 aliphatic heterocycles. The number of hydrogen-bond donors (Lipinski definition) is 1. The molecule has 0 saturated carbocycles. The zero-order valence-electron chi connectivity index (χ0n) is 11.7. The van der Waals surface area contributed by atoms with E-state index in [0.717, 1.165) is 34.2 Å². The number of aromatic nitrogens is 1. The molecule has 106 valence electrons. The molecule has 0 amide bonds. The van der Waals surface area contributed by atoms with Crippen LogP contribution in [0.1, 0.15) is 25.3 Å². The summed E-state index contributed by atoms with van der Waals surface area (Å²) in [5.41, 5.74) is 7.85. The second kappa shape index (κ2) is 5.07. The van der Waals surface area contributed by atoms with E-state index >= 15 is 0 Å². The van der Waals surface area contributed by atoms with Crippen LogP contribution in [0.2, 0.25) is 0 Å². The van der Waals surface area contributed by atoms with Gasteiger partial charge in [0, 0.05) is 10.9 Å². The van der Waals surface area contributed by atoms with Crippen LogP contribution in [0.25, 0.3) is 11.3 Å². The van der Waals surface area contributed by atoms with E-state index in [1.807, 2.05) is 30.5 Å². The van der Waals surface area contributed by atoms with Gasteiger partial charge in [-0.05, 0) is 31.5 Å². The Morgan fingerprint density at radius 2 is 2.05 bits per heavy atom. The lowest BCUT2D eigenvalue weighted by atomic mass is 10.0. The number of fused-ring (bicyclic) bond motifs is 1. The summed E-state index contributed by atoms with van der Waals surface area (Å²) in [5.74, 6) is 1.59. The van der Waals surface area contributed by atoms with Crippen LogP contribution < -0.4 is 15.2 Å². The Bertz CT molecular complexity index is 622. The first-order valence-corrected chi connectivity index (χ1v) is 7.63. The summed E-state index contributed by atoms with van der Waals surface area (Å²) in [4.78, 5) is 4.67. The maximum atomic E-state index is 6.24. The number of nitrogens with two attached hydrogens (primary N) is 1. The van der Waals surface area contributed by atoms with Crippen LogP contribution in [-0.2, 0) is 5.54 Å². The van der Waals surface area contributed by atoms with Crippen molar-refractivity contribution in [2.24, 2.45) is 5.73 Å². The van der Waals surface area contributed by atoms with Crippen LogP contribution in [-0.4, -0.2) is 18.2 Å². The topological polar surface area (TPSA) is 57.4 Å². The molecule has 4 nitrogen and oxygen atoms in total. The SMILES string of the molecule is CCC(C)(N)c1nc(-c2ccc3c(c2)OCCO3)cs1. The molecule has 0 bridgehead atoms. The Labute approximate surface area is 122 Å². The van der Waals surface area contributed by atoms with Crippen LogP contribution in [0.3, 0.4) is 0 Å². The fourth-order valence-electron chi connectivity index (χ4n) is 2.02. The highest BCUT2D eigenvalue weighted by molar-refractivity contribution is 7.10. The maximum absolute atomic E-state index is 6.24. The molecule has 0 saturated heterocycles. The van der Waals surface area contributed by atoms with E-state index in [9.17, 15) is 0 Å². The van der Waals surface area contributed by atoms with E-state index in [1.165, 1.54) is 0 Å². The molecule has 2 N–H and O–H groups in total. The Balaban J connectivity index is 1.94. The summed E-state index contributed by atoms with van der Waals surface area (Å²) in [6.07, 6.45) is 0.862. The average Bonchev–Trinajstić information content (AvgIpc) is 2.97. The van der Waals surface area contributed by atoms with Crippen molar-refractivity contribution in [1.82, 2.24) is 4.98 Å². The smallest absolute Gasteiger partial charge is 0.162 e. The molecular formula is C15H18N2O2S. The van der Waals surface area contributed by atoms with Crippen molar-refractivity contribution in [3.8, 4) is 22.8 Å². The molecule has 0 spiro atoms. The maximum Gasteiger partial charge on any atom is 0.162 e. The van der Waals surface area contributed by atoms with Gasteiger partial charge in [0.2, 0.25) is 0 Å². The molecule has 0 radical (unpaired) electrons. The van der Waals surface area contributed by atoms with E-state index in [4.69, 9.17) is 15.2 Å². The molecule has 20 heavy (non-hydrogen) atoms. The van der Waals surface area contributed by atoms with Crippen molar-refractivity contribution in [1.29, 1.82) is 0 Å². The molecule has 1 aromatic heterocycles. The Morgan fingerprint density at radius 1 is 1.30 bits per heavy atom. The van der Waals surface area contributed by atoms with Gasteiger partial charge in [-0.25, -0.2) is 4.98 Å². The molecule has 1 unspecified atom stereocenters. The van der Waals surface area contributed by atoms with Gasteiger partial charge in [0.15, 0.2) is 11.5 Å². The molecule has 2 heterocycles. The van der Waals surface area contributed by atoms with Gasteiger partial charge < -0.3 is 15.2 Å². The highest BCUT2D eigenvalue weighted by Crippen LogP contribution is 2.36. The van der Waals surface area contributed by atoms with Gasteiger partial charge in [0.05, 0.1) is 11.2 Å². The summed E-state index contributed by atoms with van der Waals surface area (Å²) in [7, 11) is 0. The zero-order chi connectivity index (χ0) is 14.2. The molecule has 2 aromatic rings. The monoisotopic (exact) mass is 290 g/mol. The number of ether oxygens (including phenoxy) is 2. The van der Waals surface area contributed by atoms with Crippen LogP contribution >= 0.6 is 11.3 Å². The van der Waals surface area contributed by atoms with Crippen LogP contribution in [0, 0.1) is 0 Å². The van der Waals surface area contributed by atoms with Gasteiger partial charge in [-0.1, -0.05) is 6.92 Å².